The fourth-order valence-corrected chi connectivity index (χ4v) is 2.97. The zero-order valence-electron chi connectivity index (χ0n) is 8.95. The second kappa shape index (κ2) is 4.20. The van der Waals surface area contributed by atoms with Gasteiger partial charge in [-0.3, -0.25) is 4.79 Å². The van der Waals surface area contributed by atoms with Crippen molar-refractivity contribution in [2.75, 3.05) is 0 Å². The fraction of sp³-hybridized carbons (Fsp3) is 0.700. The number of halogens is 5. The summed E-state index contributed by atoms with van der Waals surface area (Å²) < 4.78 is -1.80. The van der Waals surface area contributed by atoms with Crippen molar-refractivity contribution in [2.24, 2.45) is 5.41 Å². The molecule has 0 saturated heterocycles. The Bertz CT molecular complexity index is 355. The first-order valence-electron chi connectivity index (χ1n) is 4.58. The molecule has 0 fully saturated rings. The molecular weight excluding hydrogens is 313 g/mol. The number of Topliss-reactive ketones (excluding diaryl/α,β-unsaturated/α-hetero) is 1. The predicted molar refractivity (Wildman–Crippen MR) is 71.1 cm³/mol. The van der Waals surface area contributed by atoms with E-state index >= 15 is 0 Å². The van der Waals surface area contributed by atoms with Gasteiger partial charge in [0, 0.05) is 5.03 Å². The summed E-state index contributed by atoms with van der Waals surface area (Å²) in [6.45, 7) is 5.41. The Balaban J connectivity index is 3.41. The predicted octanol–water partition coefficient (Wildman–Crippen LogP) is 4.50. The Hall–Kier alpha value is 0.860. The minimum absolute atomic E-state index is 0.191. The van der Waals surface area contributed by atoms with Crippen LogP contribution in [0, 0.1) is 5.41 Å². The molecule has 92 valence electrons. The van der Waals surface area contributed by atoms with Gasteiger partial charge in [-0.25, -0.2) is 0 Å². The summed E-state index contributed by atoms with van der Waals surface area (Å²) in [5.41, 5.74) is -0.572. The van der Waals surface area contributed by atoms with Crippen LogP contribution in [0.1, 0.15) is 20.8 Å². The molecule has 1 aliphatic carbocycles. The van der Waals surface area contributed by atoms with Crippen molar-refractivity contribution in [3.63, 3.8) is 0 Å². The third-order valence-electron chi connectivity index (χ3n) is 2.62. The van der Waals surface area contributed by atoms with Gasteiger partial charge in [-0.2, -0.15) is 0 Å². The van der Waals surface area contributed by atoms with Gasteiger partial charge in [0.25, 0.3) is 0 Å². The van der Waals surface area contributed by atoms with E-state index in [1.54, 1.807) is 20.8 Å². The summed E-state index contributed by atoms with van der Waals surface area (Å²) in [5, 5.41) is -0.782. The SMILES string of the molecule is CC(C)(C)[C@@]1(Cl)C=C(Cl)[C@@H](Cl)C(Cl)(Cl)C1=O. The summed E-state index contributed by atoms with van der Waals surface area (Å²) in [5.74, 6) is -0.540. The standard InChI is InChI=1S/C10H11Cl5O/c1-8(2,3)9(13)4-5(11)6(12)10(14,15)7(9)16/h4,6H,1-3H3/t6-,9-/m1/s1. The molecule has 0 saturated carbocycles. The van der Waals surface area contributed by atoms with Crippen LogP contribution in [0.25, 0.3) is 0 Å². The van der Waals surface area contributed by atoms with E-state index in [1.165, 1.54) is 6.08 Å². The minimum atomic E-state index is -1.80. The Labute approximate surface area is 120 Å². The van der Waals surface area contributed by atoms with E-state index in [2.05, 4.69) is 0 Å². The number of carbonyl (C=O) groups is 1. The van der Waals surface area contributed by atoms with Gasteiger partial charge in [0.1, 0.15) is 10.3 Å². The van der Waals surface area contributed by atoms with Crippen molar-refractivity contribution >= 4 is 63.8 Å². The van der Waals surface area contributed by atoms with Crippen LogP contribution in [0.3, 0.4) is 0 Å². The molecule has 0 heterocycles. The molecule has 2 atom stereocenters. The molecule has 0 unspecified atom stereocenters. The average Bonchev–Trinajstić information content (AvgIpc) is 2.11. The smallest absolute Gasteiger partial charge is 0.199 e. The van der Waals surface area contributed by atoms with Crippen LogP contribution >= 0.6 is 58.0 Å². The molecule has 0 aromatic heterocycles. The van der Waals surface area contributed by atoms with Crippen molar-refractivity contribution < 1.29 is 4.79 Å². The first-order valence-corrected chi connectivity index (χ1v) is 6.53. The van der Waals surface area contributed by atoms with Crippen molar-refractivity contribution in [3.8, 4) is 0 Å². The molecule has 6 heteroatoms. The van der Waals surface area contributed by atoms with Crippen LogP contribution in [-0.2, 0) is 4.79 Å². The Morgan fingerprint density at radius 2 is 1.69 bits per heavy atom. The van der Waals surface area contributed by atoms with Gasteiger partial charge in [0.05, 0.1) is 0 Å². The maximum absolute atomic E-state index is 12.2. The van der Waals surface area contributed by atoms with Crippen LogP contribution in [0.5, 0.6) is 0 Å². The monoisotopic (exact) mass is 322 g/mol. The summed E-state index contributed by atoms with van der Waals surface area (Å²) in [6.07, 6.45) is 1.43. The number of rotatable bonds is 0. The summed E-state index contributed by atoms with van der Waals surface area (Å²) in [6, 6.07) is 0. The zero-order valence-corrected chi connectivity index (χ0v) is 12.7. The number of carbonyl (C=O) groups excluding carboxylic acids is 1. The molecule has 0 amide bonds. The lowest BCUT2D eigenvalue weighted by Gasteiger charge is -2.43. The Morgan fingerprint density at radius 1 is 1.25 bits per heavy atom. The van der Waals surface area contributed by atoms with Crippen molar-refractivity contribution in [1.82, 2.24) is 0 Å². The fourth-order valence-electron chi connectivity index (χ4n) is 1.42. The van der Waals surface area contributed by atoms with E-state index in [0.29, 0.717) is 0 Å². The Kier molecular flexibility index (Phi) is 3.92. The number of alkyl halides is 4. The third-order valence-corrected chi connectivity index (χ3v) is 5.47. The van der Waals surface area contributed by atoms with Gasteiger partial charge >= 0.3 is 0 Å². The van der Waals surface area contributed by atoms with Crippen LogP contribution in [0.15, 0.2) is 11.1 Å². The number of allylic oxidation sites excluding steroid dienone is 2. The molecule has 16 heavy (non-hydrogen) atoms. The molecular formula is C10H11Cl5O. The van der Waals surface area contributed by atoms with Crippen LogP contribution in [-0.4, -0.2) is 20.4 Å². The highest BCUT2D eigenvalue weighted by Crippen LogP contribution is 2.52. The van der Waals surface area contributed by atoms with Crippen molar-refractivity contribution in [1.29, 1.82) is 0 Å². The third kappa shape index (κ3) is 2.10. The number of hydrogen-bond acceptors (Lipinski definition) is 1. The quantitative estimate of drug-likeness (QED) is 0.600. The van der Waals surface area contributed by atoms with Gasteiger partial charge < -0.3 is 0 Å². The molecule has 1 nitrogen and oxygen atoms in total. The lowest BCUT2D eigenvalue weighted by Crippen LogP contribution is -2.56. The number of hydrogen-bond donors (Lipinski definition) is 0. The summed E-state index contributed by atoms with van der Waals surface area (Å²) in [7, 11) is 0. The lowest BCUT2D eigenvalue weighted by molar-refractivity contribution is -0.123. The van der Waals surface area contributed by atoms with Crippen molar-refractivity contribution in [3.05, 3.63) is 11.1 Å². The van der Waals surface area contributed by atoms with E-state index in [4.69, 9.17) is 58.0 Å². The molecule has 0 aliphatic heterocycles. The highest BCUT2D eigenvalue weighted by molar-refractivity contribution is 6.67. The molecule has 0 radical (unpaired) electrons. The molecule has 0 bridgehead atoms. The molecule has 0 N–H and O–H groups in total. The van der Waals surface area contributed by atoms with E-state index in [9.17, 15) is 4.79 Å². The van der Waals surface area contributed by atoms with E-state index in [1.807, 2.05) is 0 Å². The maximum Gasteiger partial charge on any atom is 0.199 e. The molecule has 1 rings (SSSR count). The lowest BCUT2D eigenvalue weighted by atomic mass is 9.73. The second-order valence-corrected chi connectivity index (χ2v) is 7.66. The van der Waals surface area contributed by atoms with Gasteiger partial charge in [-0.05, 0) is 11.5 Å². The van der Waals surface area contributed by atoms with Gasteiger partial charge in [-0.1, -0.05) is 55.6 Å². The topological polar surface area (TPSA) is 17.1 Å². The highest BCUT2D eigenvalue weighted by Gasteiger charge is 2.59. The van der Waals surface area contributed by atoms with Gasteiger partial charge in [0.15, 0.2) is 10.1 Å². The van der Waals surface area contributed by atoms with Gasteiger partial charge in [-0.15, -0.1) is 23.2 Å². The van der Waals surface area contributed by atoms with Crippen LogP contribution in [0.4, 0.5) is 0 Å². The van der Waals surface area contributed by atoms with Crippen LogP contribution in [0.2, 0.25) is 0 Å². The van der Waals surface area contributed by atoms with Gasteiger partial charge in [0.2, 0.25) is 0 Å². The molecule has 0 aromatic carbocycles. The first-order chi connectivity index (χ1) is 6.94. The highest BCUT2D eigenvalue weighted by atomic mass is 35.5. The van der Waals surface area contributed by atoms with Crippen LogP contribution < -0.4 is 0 Å². The number of ketones is 1. The minimum Gasteiger partial charge on any atom is -0.294 e. The first kappa shape index (κ1) is 14.9. The summed E-state index contributed by atoms with van der Waals surface area (Å²) >= 11 is 30.0. The second-order valence-electron chi connectivity index (χ2n) is 4.81. The summed E-state index contributed by atoms with van der Waals surface area (Å²) in [4.78, 5) is 10.8. The van der Waals surface area contributed by atoms with E-state index < -0.39 is 25.8 Å². The molecule has 1 aliphatic rings. The van der Waals surface area contributed by atoms with E-state index in [-0.39, 0.29) is 5.03 Å². The van der Waals surface area contributed by atoms with E-state index in [0.717, 1.165) is 0 Å². The molecule has 0 aromatic rings. The Morgan fingerprint density at radius 3 is 2.06 bits per heavy atom. The zero-order chi connectivity index (χ0) is 12.9. The molecule has 0 spiro atoms. The maximum atomic E-state index is 12.2. The largest absolute Gasteiger partial charge is 0.294 e. The van der Waals surface area contributed by atoms with Crippen molar-refractivity contribution in [2.45, 2.75) is 35.4 Å². The normalized spacial score (nSPS) is 34.9. The average molecular weight is 324 g/mol.